The zero-order valence-electron chi connectivity index (χ0n) is 13.5. The number of hydrogen-bond donors (Lipinski definition) is 2. The van der Waals surface area contributed by atoms with Crippen molar-refractivity contribution >= 4 is 6.09 Å². The second-order valence-electron chi connectivity index (χ2n) is 6.32. The van der Waals surface area contributed by atoms with E-state index in [0.717, 1.165) is 12.1 Å². The Morgan fingerprint density at radius 3 is 2.77 bits per heavy atom. The van der Waals surface area contributed by atoms with Crippen LogP contribution in [0, 0.1) is 0 Å². The molecule has 1 amide bonds. The standard InChI is InChI=1S/C16H24N2O4/c1-16(2,3)22-15(20)18-8-7-17-10-13(18)12-6-5-11(19)9-14(12)21-4/h5-6,9,13,17,19H,7-8,10H2,1-4H3. The molecule has 122 valence electrons. The largest absolute Gasteiger partial charge is 0.508 e. The number of hydrogen-bond acceptors (Lipinski definition) is 5. The van der Waals surface area contributed by atoms with Crippen molar-refractivity contribution in [2.45, 2.75) is 32.4 Å². The van der Waals surface area contributed by atoms with Crippen LogP contribution in [0.25, 0.3) is 0 Å². The molecule has 1 aliphatic heterocycles. The minimum atomic E-state index is -0.536. The quantitative estimate of drug-likeness (QED) is 0.877. The van der Waals surface area contributed by atoms with Crippen LogP contribution < -0.4 is 10.1 Å². The monoisotopic (exact) mass is 308 g/mol. The van der Waals surface area contributed by atoms with Crippen LogP contribution in [0.3, 0.4) is 0 Å². The van der Waals surface area contributed by atoms with E-state index < -0.39 is 5.60 Å². The number of methoxy groups -OCH3 is 1. The van der Waals surface area contributed by atoms with Gasteiger partial charge in [0.2, 0.25) is 0 Å². The van der Waals surface area contributed by atoms with E-state index in [0.29, 0.717) is 18.8 Å². The molecular weight excluding hydrogens is 284 g/mol. The predicted octanol–water partition coefficient (Wildman–Crippen LogP) is 2.28. The van der Waals surface area contributed by atoms with Crippen LogP contribution in [0.5, 0.6) is 11.5 Å². The molecule has 1 aromatic carbocycles. The van der Waals surface area contributed by atoms with E-state index in [1.165, 1.54) is 0 Å². The number of nitrogens with zero attached hydrogens (tertiary/aromatic N) is 1. The van der Waals surface area contributed by atoms with Gasteiger partial charge in [0.1, 0.15) is 17.1 Å². The number of ether oxygens (including phenoxy) is 2. The van der Waals surface area contributed by atoms with Gasteiger partial charge in [-0.1, -0.05) is 0 Å². The van der Waals surface area contributed by atoms with E-state index in [1.54, 1.807) is 30.2 Å². The van der Waals surface area contributed by atoms with Crippen LogP contribution >= 0.6 is 0 Å². The average molecular weight is 308 g/mol. The van der Waals surface area contributed by atoms with Crippen molar-refractivity contribution in [3.8, 4) is 11.5 Å². The van der Waals surface area contributed by atoms with Gasteiger partial charge in [0.05, 0.1) is 13.2 Å². The summed E-state index contributed by atoms with van der Waals surface area (Å²) in [6, 6.07) is 4.74. The van der Waals surface area contributed by atoms with Gasteiger partial charge >= 0.3 is 6.09 Å². The molecule has 1 fully saturated rings. The zero-order chi connectivity index (χ0) is 16.3. The minimum Gasteiger partial charge on any atom is -0.508 e. The molecule has 1 saturated heterocycles. The molecular formula is C16H24N2O4. The first-order valence-corrected chi connectivity index (χ1v) is 7.39. The molecule has 6 heteroatoms. The van der Waals surface area contributed by atoms with E-state index >= 15 is 0 Å². The molecule has 1 unspecified atom stereocenters. The topological polar surface area (TPSA) is 71.0 Å². The highest BCUT2D eigenvalue weighted by Gasteiger charge is 2.32. The molecule has 0 spiro atoms. The highest BCUT2D eigenvalue weighted by Crippen LogP contribution is 2.33. The highest BCUT2D eigenvalue weighted by atomic mass is 16.6. The summed E-state index contributed by atoms with van der Waals surface area (Å²) in [5.74, 6) is 0.690. The predicted molar refractivity (Wildman–Crippen MR) is 83.2 cm³/mol. The van der Waals surface area contributed by atoms with Gasteiger partial charge in [-0.25, -0.2) is 4.79 Å². The molecule has 0 bridgehead atoms. The van der Waals surface area contributed by atoms with Crippen LogP contribution in [0.2, 0.25) is 0 Å². The summed E-state index contributed by atoms with van der Waals surface area (Å²) < 4.78 is 10.8. The summed E-state index contributed by atoms with van der Waals surface area (Å²) in [6.45, 7) is 7.44. The van der Waals surface area contributed by atoms with Crippen molar-refractivity contribution in [2.24, 2.45) is 0 Å². The number of phenolic OH excluding ortho intramolecular Hbond substituents is 1. The number of amides is 1. The van der Waals surface area contributed by atoms with Crippen molar-refractivity contribution in [1.82, 2.24) is 10.2 Å². The van der Waals surface area contributed by atoms with Gasteiger partial charge < -0.3 is 19.9 Å². The minimum absolute atomic E-state index is 0.133. The van der Waals surface area contributed by atoms with E-state index in [4.69, 9.17) is 9.47 Å². The number of phenols is 1. The maximum absolute atomic E-state index is 12.4. The molecule has 0 radical (unpaired) electrons. The van der Waals surface area contributed by atoms with Crippen LogP contribution in [0.1, 0.15) is 32.4 Å². The maximum atomic E-state index is 12.4. The third-order valence-corrected chi connectivity index (χ3v) is 3.45. The van der Waals surface area contributed by atoms with E-state index in [9.17, 15) is 9.90 Å². The summed E-state index contributed by atoms with van der Waals surface area (Å²) in [4.78, 5) is 14.2. The van der Waals surface area contributed by atoms with Crippen molar-refractivity contribution in [3.05, 3.63) is 23.8 Å². The number of carbonyl (C=O) groups excluding carboxylic acids is 1. The number of aromatic hydroxyl groups is 1. The first kappa shape index (κ1) is 16.4. The summed E-state index contributed by atoms with van der Waals surface area (Å²) in [6.07, 6.45) is -0.339. The van der Waals surface area contributed by atoms with Crippen molar-refractivity contribution in [3.63, 3.8) is 0 Å². The Morgan fingerprint density at radius 1 is 1.41 bits per heavy atom. The van der Waals surface area contributed by atoms with Gasteiger partial charge in [-0.2, -0.15) is 0 Å². The molecule has 0 aromatic heterocycles. The molecule has 6 nitrogen and oxygen atoms in total. The van der Waals surface area contributed by atoms with Gasteiger partial charge in [-0.05, 0) is 32.9 Å². The summed E-state index contributed by atoms with van der Waals surface area (Å²) in [7, 11) is 1.55. The number of carbonyl (C=O) groups is 1. The number of nitrogens with one attached hydrogen (secondary N) is 1. The van der Waals surface area contributed by atoms with E-state index in [2.05, 4.69) is 5.32 Å². The van der Waals surface area contributed by atoms with Gasteiger partial charge in [0, 0.05) is 31.3 Å². The van der Waals surface area contributed by atoms with Crippen LogP contribution in [-0.2, 0) is 4.74 Å². The van der Waals surface area contributed by atoms with E-state index in [1.807, 2.05) is 20.8 Å². The lowest BCUT2D eigenvalue weighted by Crippen LogP contribution is -2.50. The molecule has 0 aliphatic carbocycles. The fourth-order valence-electron chi connectivity index (χ4n) is 2.50. The zero-order valence-corrected chi connectivity index (χ0v) is 13.5. The van der Waals surface area contributed by atoms with Crippen molar-refractivity contribution < 1.29 is 19.4 Å². The van der Waals surface area contributed by atoms with Crippen molar-refractivity contribution in [2.75, 3.05) is 26.7 Å². The Hall–Kier alpha value is -1.95. The molecule has 22 heavy (non-hydrogen) atoms. The van der Waals surface area contributed by atoms with Gasteiger partial charge in [-0.3, -0.25) is 4.90 Å². The van der Waals surface area contributed by atoms with Gasteiger partial charge in [0.25, 0.3) is 0 Å². The van der Waals surface area contributed by atoms with E-state index in [-0.39, 0.29) is 17.9 Å². The fraction of sp³-hybridized carbons (Fsp3) is 0.562. The first-order chi connectivity index (χ1) is 10.3. The van der Waals surface area contributed by atoms with Gasteiger partial charge in [-0.15, -0.1) is 0 Å². The Kier molecular flexibility index (Phi) is 4.81. The SMILES string of the molecule is COc1cc(O)ccc1C1CNCCN1C(=O)OC(C)(C)C. The molecule has 0 saturated carbocycles. The highest BCUT2D eigenvalue weighted by molar-refractivity contribution is 5.69. The molecule has 1 aromatic rings. The molecule has 2 N–H and O–H groups in total. The maximum Gasteiger partial charge on any atom is 0.410 e. The number of rotatable bonds is 2. The van der Waals surface area contributed by atoms with Crippen molar-refractivity contribution in [1.29, 1.82) is 0 Å². The third kappa shape index (κ3) is 3.82. The fourth-order valence-corrected chi connectivity index (χ4v) is 2.50. The molecule has 2 rings (SSSR count). The molecule has 1 atom stereocenters. The Bertz CT molecular complexity index is 539. The second-order valence-corrected chi connectivity index (χ2v) is 6.32. The van der Waals surface area contributed by atoms with Crippen LogP contribution in [0.15, 0.2) is 18.2 Å². The lowest BCUT2D eigenvalue weighted by atomic mass is 10.0. The Labute approximate surface area is 131 Å². The molecule has 1 heterocycles. The number of benzene rings is 1. The first-order valence-electron chi connectivity index (χ1n) is 7.39. The normalized spacial score (nSPS) is 18.9. The lowest BCUT2D eigenvalue weighted by molar-refractivity contribution is 0.0116. The number of piperazine rings is 1. The second kappa shape index (κ2) is 6.44. The average Bonchev–Trinajstić information content (AvgIpc) is 2.45. The summed E-state index contributed by atoms with van der Waals surface area (Å²) >= 11 is 0. The lowest BCUT2D eigenvalue weighted by Gasteiger charge is -2.37. The molecule has 1 aliphatic rings. The van der Waals surface area contributed by atoms with Crippen LogP contribution in [-0.4, -0.2) is 48.4 Å². The smallest absolute Gasteiger partial charge is 0.410 e. The van der Waals surface area contributed by atoms with Gasteiger partial charge in [0.15, 0.2) is 0 Å². The summed E-state index contributed by atoms with van der Waals surface area (Å²) in [5.41, 5.74) is 0.310. The Morgan fingerprint density at radius 2 is 2.14 bits per heavy atom. The third-order valence-electron chi connectivity index (χ3n) is 3.45. The summed E-state index contributed by atoms with van der Waals surface area (Å²) in [5, 5.41) is 12.9. The van der Waals surface area contributed by atoms with Crippen LogP contribution in [0.4, 0.5) is 4.79 Å². The Balaban J connectivity index is 2.28.